The normalized spacial score (nSPS) is 37.8. The second-order valence-electron chi connectivity index (χ2n) is 8.28. The SMILES string of the molecule is CCc1cccc(NC(=O)CC23CC4CC(CC(O)(C4)C2)C3)n1. The van der Waals surface area contributed by atoms with Gasteiger partial charge in [0, 0.05) is 12.1 Å². The van der Waals surface area contributed by atoms with Gasteiger partial charge in [-0.1, -0.05) is 13.0 Å². The number of carbonyl (C=O) groups excluding carboxylic acids is 1. The smallest absolute Gasteiger partial charge is 0.226 e. The molecule has 1 heterocycles. The van der Waals surface area contributed by atoms with Crippen molar-refractivity contribution in [3.63, 3.8) is 0 Å². The van der Waals surface area contributed by atoms with Gasteiger partial charge in [-0.05, 0) is 74.3 Å². The van der Waals surface area contributed by atoms with E-state index in [1.807, 2.05) is 18.2 Å². The first-order valence-electron chi connectivity index (χ1n) is 8.96. The van der Waals surface area contributed by atoms with Crippen LogP contribution in [0.5, 0.6) is 0 Å². The van der Waals surface area contributed by atoms with Gasteiger partial charge in [-0.15, -0.1) is 0 Å². The molecule has 4 nitrogen and oxygen atoms in total. The molecule has 4 aliphatic carbocycles. The van der Waals surface area contributed by atoms with Gasteiger partial charge in [0.25, 0.3) is 0 Å². The van der Waals surface area contributed by atoms with Crippen molar-refractivity contribution >= 4 is 11.7 Å². The van der Waals surface area contributed by atoms with E-state index in [2.05, 4.69) is 17.2 Å². The van der Waals surface area contributed by atoms with Gasteiger partial charge in [-0.25, -0.2) is 4.98 Å². The van der Waals surface area contributed by atoms with Crippen LogP contribution in [-0.2, 0) is 11.2 Å². The van der Waals surface area contributed by atoms with Crippen LogP contribution in [-0.4, -0.2) is 21.6 Å². The fourth-order valence-electron chi connectivity index (χ4n) is 5.88. The van der Waals surface area contributed by atoms with Crippen LogP contribution in [0.2, 0.25) is 0 Å². The maximum atomic E-state index is 12.6. The summed E-state index contributed by atoms with van der Waals surface area (Å²) < 4.78 is 0. The Balaban J connectivity index is 1.46. The topological polar surface area (TPSA) is 62.2 Å². The van der Waals surface area contributed by atoms with Gasteiger partial charge in [0.05, 0.1) is 5.60 Å². The third kappa shape index (κ3) is 2.89. The molecule has 2 atom stereocenters. The standard InChI is InChI=1S/C19H26N2O2/c1-2-15-4-3-5-16(20-15)21-17(22)11-18-7-13-6-14(8-18)10-19(23,9-13)12-18/h3-5,13-14,23H,2,6-12H2,1H3,(H,20,21,22). The highest BCUT2D eigenvalue weighted by molar-refractivity contribution is 5.90. The van der Waals surface area contributed by atoms with E-state index in [1.165, 1.54) is 6.42 Å². The van der Waals surface area contributed by atoms with Gasteiger partial charge in [0.15, 0.2) is 0 Å². The van der Waals surface area contributed by atoms with E-state index in [9.17, 15) is 9.90 Å². The van der Waals surface area contributed by atoms with Crippen LogP contribution < -0.4 is 5.32 Å². The molecule has 5 rings (SSSR count). The number of carbonyl (C=O) groups is 1. The van der Waals surface area contributed by atoms with Gasteiger partial charge in [0.2, 0.25) is 5.91 Å². The molecule has 23 heavy (non-hydrogen) atoms. The number of anilines is 1. The summed E-state index contributed by atoms with van der Waals surface area (Å²) in [7, 11) is 0. The van der Waals surface area contributed by atoms with Crippen molar-refractivity contribution < 1.29 is 9.90 Å². The Morgan fingerprint density at radius 2 is 2.04 bits per heavy atom. The van der Waals surface area contributed by atoms with Crippen molar-refractivity contribution in [2.75, 3.05) is 5.32 Å². The van der Waals surface area contributed by atoms with E-state index in [1.54, 1.807) is 0 Å². The number of aromatic nitrogens is 1. The minimum Gasteiger partial charge on any atom is -0.390 e. The molecule has 2 unspecified atom stereocenters. The van der Waals surface area contributed by atoms with Crippen molar-refractivity contribution in [3.8, 4) is 0 Å². The fourth-order valence-corrected chi connectivity index (χ4v) is 5.88. The van der Waals surface area contributed by atoms with E-state index in [0.29, 0.717) is 24.1 Å². The first-order chi connectivity index (χ1) is 11.0. The molecule has 124 valence electrons. The maximum Gasteiger partial charge on any atom is 0.226 e. The summed E-state index contributed by atoms with van der Waals surface area (Å²) in [6, 6.07) is 5.77. The van der Waals surface area contributed by atoms with Gasteiger partial charge in [-0.3, -0.25) is 4.79 Å². The molecule has 0 spiro atoms. The molecular weight excluding hydrogens is 288 g/mol. The second kappa shape index (κ2) is 5.30. The summed E-state index contributed by atoms with van der Waals surface area (Å²) in [5.41, 5.74) is 0.516. The molecule has 4 saturated carbocycles. The fraction of sp³-hybridized carbons (Fsp3) is 0.684. The Morgan fingerprint density at radius 3 is 2.70 bits per heavy atom. The van der Waals surface area contributed by atoms with E-state index in [-0.39, 0.29) is 11.3 Å². The number of aryl methyl sites for hydroxylation is 1. The van der Waals surface area contributed by atoms with Crippen LogP contribution in [0.4, 0.5) is 5.82 Å². The Hall–Kier alpha value is -1.42. The molecule has 0 aliphatic heterocycles. The largest absolute Gasteiger partial charge is 0.390 e. The Morgan fingerprint density at radius 1 is 1.30 bits per heavy atom. The van der Waals surface area contributed by atoms with Crippen LogP contribution in [0.3, 0.4) is 0 Å². The molecule has 1 aromatic heterocycles. The van der Waals surface area contributed by atoms with Crippen molar-refractivity contribution in [3.05, 3.63) is 23.9 Å². The summed E-state index contributed by atoms with van der Waals surface area (Å²) in [4.78, 5) is 17.0. The molecule has 1 aromatic rings. The molecule has 4 heteroatoms. The monoisotopic (exact) mass is 314 g/mol. The summed E-state index contributed by atoms with van der Waals surface area (Å²) in [5, 5.41) is 13.8. The first-order valence-corrected chi connectivity index (χ1v) is 8.96. The molecular formula is C19H26N2O2. The van der Waals surface area contributed by atoms with Crippen molar-refractivity contribution in [2.24, 2.45) is 17.3 Å². The number of pyridine rings is 1. The maximum absolute atomic E-state index is 12.6. The highest BCUT2D eigenvalue weighted by Gasteiger charge is 2.57. The number of nitrogens with zero attached hydrogens (tertiary/aromatic N) is 1. The highest BCUT2D eigenvalue weighted by atomic mass is 16.3. The van der Waals surface area contributed by atoms with Crippen LogP contribution in [0.25, 0.3) is 0 Å². The third-order valence-corrected chi connectivity index (χ3v) is 6.12. The highest BCUT2D eigenvalue weighted by Crippen LogP contribution is 2.62. The lowest BCUT2D eigenvalue weighted by Gasteiger charge is -2.60. The summed E-state index contributed by atoms with van der Waals surface area (Å²) in [6.45, 7) is 2.06. The molecule has 0 saturated heterocycles. The number of hydrogen-bond donors (Lipinski definition) is 2. The van der Waals surface area contributed by atoms with Crippen LogP contribution in [0.1, 0.15) is 57.6 Å². The third-order valence-electron chi connectivity index (χ3n) is 6.12. The number of amides is 1. The zero-order chi connectivity index (χ0) is 16.1. The predicted octanol–water partition coefficient (Wildman–Crippen LogP) is 3.30. The van der Waals surface area contributed by atoms with Crippen molar-refractivity contribution in [2.45, 2.75) is 63.9 Å². The molecule has 0 aromatic carbocycles. The van der Waals surface area contributed by atoms with E-state index < -0.39 is 5.60 Å². The van der Waals surface area contributed by atoms with Crippen molar-refractivity contribution in [1.29, 1.82) is 0 Å². The Bertz CT molecular complexity index is 614. The predicted molar refractivity (Wildman–Crippen MR) is 88.9 cm³/mol. The Labute approximate surface area is 137 Å². The minimum atomic E-state index is -0.495. The quantitative estimate of drug-likeness (QED) is 0.896. The zero-order valence-corrected chi connectivity index (χ0v) is 13.8. The number of aliphatic hydroxyl groups is 1. The van der Waals surface area contributed by atoms with Gasteiger partial charge in [-0.2, -0.15) is 0 Å². The summed E-state index contributed by atoms with van der Waals surface area (Å²) in [5.74, 6) is 1.94. The molecule has 4 aliphatic rings. The Kier molecular flexibility index (Phi) is 3.49. The van der Waals surface area contributed by atoms with Crippen LogP contribution in [0.15, 0.2) is 18.2 Å². The van der Waals surface area contributed by atoms with Crippen molar-refractivity contribution in [1.82, 2.24) is 4.98 Å². The molecule has 4 fully saturated rings. The molecule has 0 radical (unpaired) electrons. The van der Waals surface area contributed by atoms with Crippen LogP contribution in [0, 0.1) is 17.3 Å². The number of nitrogens with one attached hydrogen (secondary N) is 1. The molecule has 1 amide bonds. The lowest BCUT2D eigenvalue weighted by atomic mass is 9.47. The van der Waals surface area contributed by atoms with E-state index in [0.717, 1.165) is 44.2 Å². The minimum absolute atomic E-state index is 0.0191. The lowest BCUT2D eigenvalue weighted by Crippen LogP contribution is -2.56. The van der Waals surface area contributed by atoms with E-state index >= 15 is 0 Å². The van der Waals surface area contributed by atoms with Gasteiger partial charge >= 0.3 is 0 Å². The molecule has 2 N–H and O–H groups in total. The lowest BCUT2D eigenvalue weighted by molar-refractivity contribution is -0.167. The summed E-state index contributed by atoms with van der Waals surface area (Å²) >= 11 is 0. The average molecular weight is 314 g/mol. The molecule has 4 bridgehead atoms. The zero-order valence-electron chi connectivity index (χ0n) is 13.8. The number of hydrogen-bond acceptors (Lipinski definition) is 3. The van der Waals surface area contributed by atoms with Crippen LogP contribution >= 0.6 is 0 Å². The average Bonchev–Trinajstić information content (AvgIpc) is 2.43. The van der Waals surface area contributed by atoms with E-state index in [4.69, 9.17) is 0 Å². The second-order valence-corrected chi connectivity index (χ2v) is 8.28. The first kappa shape index (κ1) is 15.1. The summed E-state index contributed by atoms with van der Waals surface area (Å²) in [6.07, 6.45) is 7.59. The number of rotatable bonds is 4. The van der Waals surface area contributed by atoms with Gasteiger partial charge in [0.1, 0.15) is 5.82 Å². The van der Waals surface area contributed by atoms with Gasteiger partial charge < -0.3 is 10.4 Å².